The third-order valence-corrected chi connectivity index (χ3v) is 2.39. The molecule has 0 bridgehead atoms. The molecule has 0 heterocycles. The minimum Gasteiger partial charge on any atom is -0.327 e. The predicted octanol–water partition coefficient (Wildman–Crippen LogP) is 1.59. The van der Waals surface area contributed by atoms with E-state index in [2.05, 4.69) is 25.0 Å². The topological polar surface area (TPSA) is 20.2 Å². The van der Waals surface area contributed by atoms with Gasteiger partial charge in [-0.15, -0.1) is 0 Å². The molecule has 0 spiro atoms. The van der Waals surface area contributed by atoms with E-state index in [1.807, 2.05) is 0 Å². The third kappa shape index (κ3) is 4.68. The summed E-state index contributed by atoms with van der Waals surface area (Å²) in [5.74, 6) is 1.37. The van der Waals surface area contributed by atoms with Crippen molar-refractivity contribution in [3.05, 3.63) is 0 Å². The second kappa shape index (κ2) is 4.41. The van der Waals surface area contributed by atoms with Crippen molar-refractivity contribution in [2.45, 2.75) is 20.3 Å². The van der Waals surface area contributed by atoms with Gasteiger partial charge in [0.25, 0.3) is 0 Å². The van der Waals surface area contributed by atoms with Gasteiger partial charge in [0, 0.05) is 15.5 Å². The average molecular weight is 152 g/mol. The van der Waals surface area contributed by atoms with Gasteiger partial charge in [0.1, 0.15) is 0 Å². The van der Waals surface area contributed by atoms with Gasteiger partial charge in [0.2, 0.25) is 0 Å². The van der Waals surface area contributed by atoms with Gasteiger partial charge in [-0.25, -0.2) is 0 Å². The van der Waals surface area contributed by atoms with Gasteiger partial charge < -0.3 is 4.55 Å². The average Bonchev–Trinajstić information content (AvgIpc) is 1.65. The summed E-state index contributed by atoms with van der Waals surface area (Å²) in [5.41, 5.74) is 0. The molecule has 1 nitrogen and oxygen atoms in total. The molecule has 1 N–H and O–H groups in total. The molecule has 0 saturated heterocycles. The quantitative estimate of drug-likeness (QED) is 0.662. The molecule has 3 heteroatoms. The fourth-order valence-electron chi connectivity index (χ4n) is 0.361. The zero-order chi connectivity index (χ0) is 6.57. The van der Waals surface area contributed by atoms with Gasteiger partial charge in [0.15, 0.2) is 0 Å². The molecule has 0 aromatic rings. The molecule has 50 valence electrons. The first-order valence-corrected chi connectivity index (χ1v) is 5.01. The predicted molar refractivity (Wildman–Crippen MR) is 41.7 cm³/mol. The summed E-state index contributed by atoms with van der Waals surface area (Å²) >= 11 is 4.60. The fraction of sp³-hybridized carbons (Fsp3) is 1.00. The monoisotopic (exact) mass is 152 g/mol. The molecule has 0 aromatic carbocycles. The maximum absolute atomic E-state index is 8.70. The molecule has 0 amide bonds. The maximum atomic E-state index is 8.70. The lowest BCUT2D eigenvalue weighted by atomic mass is 10.2. The van der Waals surface area contributed by atoms with Crippen LogP contribution in [0.25, 0.3) is 0 Å². The van der Waals surface area contributed by atoms with Crippen LogP contribution in [0.15, 0.2) is 0 Å². The van der Waals surface area contributed by atoms with Crippen LogP contribution in [0.5, 0.6) is 0 Å². The van der Waals surface area contributed by atoms with E-state index in [1.54, 1.807) is 0 Å². The Labute approximate surface area is 57.9 Å². The van der Waals surface area contributed by atoms with Crippen LogP contribution in [0.4, 0.5) is 0 Å². The molecule has 0 radical (unpaired) electrons. The van der Waals surface area contributed by atoms with Crippen LogP contribution < -0.4 is 0 Å². The Kier molecular flexibility index (Phi) is 4.71. The standard InChI is InChI=1S/C5H12OS2/c1-3-5(2)4-8(6)7/h5H,3-4H2,1-2H3,(H,6,7). The van der Waals surface area contributed by atoms with Gasteiger partial charge in [-0.3, -0.25) is 0 Å². The van der Waals surface area contributed by atoms with Crippen molar-refractivity contribution in [3.63, 3.8) is 0 Å². The van der Waals surface area contributed by atoms with Crippen molar-refractivity contribution in [2.24, 2.45) is 5.92 Å². The van der Waals surface area contributed by atoms with Crippen molar-refractivity contribution in [1.82, 2.24) is 0 Å². The summed E-state index contributed by atoms with van der Waals surface area (Å²) in [7, 11) is -0.762. The van der Waals surface area contributed by atoms with Crippen LogP contribution in [-0.4, -0.2) is 10.3 Å². The molecule has 0 rings (SSSR count). The second-order valence-corrected chi connectivity index (χ2v) is 4.13. The zero-order valence-electron chi connectivity index (χ0n) is 5.26. The molecular formula is C5H12OS2. The Morgan fingerprint density at radius 3 is 2.38 bits per heavy atom. The van der Waals surface area contributed by atoms with Crippen molar-refractivity contribution in [1.29, 1.82) is 0 Å². The fourth-order valence-corrected chi connectivity index (χ4v) is 1.78. The summed E-state index contributed by atoms with van der Waals surface area (Å²) in [5, 5.41) is 0. The van der Waals surface area contributed by atoms with Crippen molar-refractivity contribution < 1.29 is 4.55 Å². The highest BCUT2D eigenvalue weighted by atomic mass is 32.8. The lowest BCUT2D eigenvalue weighted by Gasteiger charge is -2.03. The van der Waals surface area contributed by atoms with Crippen LogP contribution in [0.2, 0.25) is 0 Å². The summed E-state index contributed by atoms with van der Waals surface area (Å²) in [6, 6.07) is 0. The molecule has 2 atom stereocenters. The van der Waals surface area contributed by atoms with E-state index in [0.29, 0.717) is 5.92 Å². The molecule has 0 fully saturated rings. The summed E-state index contributed by atoms with van der Waals surface area (Å²) in [6.45, 7) is 4.20. The van der Waals surface area contributed by atoms with Gasteiger partial charge in [-0.2, -0.15) is 0 Å². The van der Waals surface area contributed by atoms with Crippen molar-refractivity contribution >= 4 is 20.9 Å². The van der Waals surface area contributed by atoms with Crippen LogP contribution in [0.1, 0.15) is 20.3 Å². The highest BCUT2D eigenvalue weighted by Crippen LogP contribution is 2.00. The summed E-state index contributed by atoms with van der Waals surface area (Å²) in [4.78, 5) is 0. The van der Waals surface area contributed by atoms with Gasteiger partial charge in [0.05, 0.1) is 0 Å². The number of rotatable bonds is 3. The van der Waals surface area contributed by atoms with Crippen molar-refractivity contribution in [3.8, 4) is 0 Å². The highest BCUT2D eigenvalue weighted by Gasteiger charge is 1.97. The smallest absolute Gasteiger partial charge is 0.0249 e. The van der Waals surface area contributed by atoms with E-state index in [4.69, 9.17) is 4.55 Å². The van der Waals surface area contributed by atoms with Crippen LogP contribution >= 0.6 is 0 Å². The first kappa shape index (κ1) is 8.53. The molecule has 0 aliphatic carbocycles. The summed E-state index contributed by atoms with van der Waals surface area (Å²) < 4.78 is 8.70. The minimum absolute atomic E-state index is 0.584. The molecule has 0 aliphatic rings. The second-order valence-electron chi connectivity index (χ2n) is 2.00. The van der Waals surface area contributed by atoms with E-state index in [-0.39, 0.29) is 0 Å². The maximum Gasteiger partial charge on any atom is 0.0249 e. The van der Waals surface area contributed by atoms with Gasteiger partial charge in [-0.05, 0) is 17.1 Å². The largest absolute Gasteiger partial charge is 0.327 e. The molecule has 2 unspecified atom stereocenters. The Morgan fingerprint density at radius 2 is 2.25 bits per heavy atom. The van der Waals surface area contributed by atoms with Crippen LogP contribution in [0, 0.1) is 5.92 Å². The first-order chi connectivity index (χ1) is 3.66. The molecular weight excluding hydrogens is 140 g/mol. The normalized spacial score (nSPS) is 17.9. The Bertz CT molecular complexity index is 82.5. The van der Waals surface area contributed by atoms with Crippen LogP contribution in [0.3, 0.4) is 0 Å². The number of hydrogen-bond acceptors (Lipinski definition) is 1. The minimum atomic E-state index is -0.762. The van der Waals surface area contributed by atoms with Crippen LogP contribution in [-0.2, 0) is 20.9 Å². The van der Waals surface area contributed by atoms with Crippen molar-refractivity contribution in [2.75, 3.05) is 5.75 Å². The molecule has 0 aliphatic heterocycles. The van der Waals surface area contributed by atoms with Gasteiger partial charge in [-0.1, -0.05) is 20.3 Å². The SMILES string of the molecule is CCC(C)CS(O)=S. The van der Waals surface area contributed by atoms with E-state index in [9.17, 15) is 0 Å². The lowest BCUT2D eigenvalue weighted by Crippen LogP contribution is -2.03. The molecule has 8 heavy (non-hydrogen) atoms. The van der Waals surface area contributed by atoms with Gasteiger partial charge >= 0.3 is 0 Å². The van der Waals surface area contributed by atoms with E-state index < -0.39 is 9.74 Å². The lowest BCUT2D eigenvalue weighted by molar-refractivity contribution is 0.599. The Balaban J connectivity index is 3.24. The first-order valence-electron chi connectivity index (χ1n) is 2.74. The Hall–Kier alpha value is 0.530. The number of hydrogen-bond donors (Lipinski definition) is 1. The molecule has 0 aromatic heterocycles. The van der Waals surface area contributed by atoms with E-state index in [0.717, 1.165) is 12.2 Å². The highest BCUT2D eigenvalue weighted by molar-refractivity contribution is 8.25. The molecule has 0 saturated carbocycles. The Morgan fingerprint density at radius 1 is 1.75 bits per heavy atom. The van der Waals surface area contributed by atoms with E-state index in [1.165, 1.54) is 0 Å². The zero-order valence-corrected chi connectivity index (χ0v) is 6.89. The third-order valence-electron chi connectivity index (χ3n) is 1.12. The summed E-state index contributed by atoms with van der Waals surface area (Å²) in [6.07, 6.45) is 1.11. The van der Waals surface area contributed by atoms with E-state index >= 15 is 0 Å².